The molecule has 2 rings (SSSR count). The number of hydrogen-bond acceptors (Lipinski definition) is 4. The Balaban J connectivity index is 2.31. The number of rotatable bonds is 2. The van der Waals surface area contributed by atoms with Gasteiger partial charge in [0.15, 0.2) is 0 Å². The molecule has 1 aromatic rings. The summed E-state index contributed by atoms with van der Waals surface area (Å²) >= 11 is 4.93. The molecule has 0 spiro atoms. The van der Waals surface area contributed by atoms with Gasteiger partial charge in [-0.15, -0.1) is 11.3 Å². The van der Waals surface area contributed by atoms with Crippen LogP contribution in [0.5, 0.6) is 0 Å². The van der Waals surface area contributed by atoms with Crippen LogP contribution in [-0.2, 0) is 14.9 Å². The summed E-state index contributed by atoms with van der Waals surface area (Å²) in [4.78, 5) is 15.6. The van der Waals surface area contributed by atoms with Crippen LogP contribution in [0.2, 0.25) is 0 Å². The van der Waals surface area contributed by atoms with Gasteiger partial charge in [-0.2, -0.15) is 0 Å². The maximum absolute atomic E-state index is 11.2. The normalized spacial score (nSPS) is 34.9. The standard InChI is InChI=1S/C11H14BrNO2S/c1-7-3-8(4-14)11(2,6-15-7)10-13-9(12)5-16-10/h4-5,7-8H,3,6H2,1-2H3/t7-,8-,11+/m0/s1. The first-order chi connectivity index (χ1) is 7.56. The van der Waals surface area contributed by atoms with Gasteiger partial charge in [0.25, 0.3) is 0 Å². The van der Waals surface area contributed by atoms with Gasteiger partial charge in [0.05, 0.1) is 18.1 Å². The van der Waals surface area contributed by atoms with Crippen LogP contribution in [0.15, 0.2) is 9.98 Å². The second kappa shape index (κ2) is 4.55. The van der Waals surface area contributed by atoms with Crippen molar-refractivity contribution < 1.29 is 9.53 Å². The fourth-order valence-electron chi connectivity index (χ4n) is 2.05. The molecule has 3 atom stereocenters. The first-order valence-corrected chi connectivity index (χ1v) is 6.92. The third-order valence-electron chi connectivity index (χ3n) is 3.20. The minimum atomic E-state index is -0.273. The number of aldehydes is 1. The Morgan fingerprint density at radius 3 is 3.06 bits per heavy atom. The van der Waals surface area contributed by atoms with Crippen LogP contribution in [-0.4, -0.2) is 24.0 Å². The highest BCUT2D eigenvalue weighted by molar-refractivity contribution is 9.10. The lowest BCUT2D eigenvalue weighted by Crippen LogP contribution is -2.45. The van der Waals surface area contributed by atoms with Crippen molar-refractivity contribution >= 4 is 33.6 Å². The molecule has 0 aromatic carbocycles. The van der Waals surface area contributed by atoms with Gasteiger partial charge < -0.3 is 9.53 Å². The van der Waals surface area contributed by atoms with E-state index in [2.05, 4.69) is 27.8 Å². The van der Waals surface area contributed by atoms with Gasteiger partial charge in [-0.3, -0.25) is 0 Å². The molecule has 16 heavy (non-hydrogen) atoms. The van der Waals surface area contributed by atoms with Crippen molar-refractivity contribution in [1.82, 2.24) is 4.98 Å². The molecule has 1 saturated heterocycles. The number of halogens is 1. The second-order valence-electron chi connectivity index (χ2n) is 4.49. The summed E-state index contributed by atoms with van der Waals surface area (Å²) in [6.07, 6.45) is 1.98. The van der Waals surface area contributed by atoms with E-state index in [0.29, 0.717) is 6.61 Å². The molecule has 0 aliphatic carbocycles. The Morgan fingerprint density at radius 2 is 2.50 bits per heavy atom. The van der Waals surface area contributed by atoms with Gasteiger partial charge >= 0.3 is 0 Å². The summed E-state index contributed by atoms with van der Waals surface area (Å²) < 4.78 is 6.51. The summed E-state index contributed by atoms with van der Waals surface area (Å²) in [6.45, 7) is 4.63. The van der Waals surface area contributed by atoms with E-state index in [1.807, 2.05) is 12.3 Å². The maximum atomic E-state index is 11.2. The van der Waals surface area contributed by atoms with E-state index in [4.69, 9.17) is 4.74 Å². The van der Waals surface area contributed by atoms with Crippen molar-refractivity contribution in [1.29, 1.82) is 0 Å². The quantitative estimate of drug-likeness (QED) is 0.789. The first-order valence-electron chi connectivity index (χ1n) is 5.24. The number of hydrogen-bond donors (Lipinski definition) is 0. The highest BCUT2D eigenvalue weighted by atomic mass is 79.9. The SMILES string of the molecule is C[C@H]1C[C@@H](C=O)[C@](C)(c2nc(Br)cs2)CO1. The van der Waals surface area contributed by atoms with Gasteiger partial charge in [-0.25, -0.2) is 4.98 Å². The Hall–Kier alpha value is -0.260. The van der Waals surface area contributed by atoms with E-state index in [0.717, 1.165) is 22.3 Å². The largest absolute Gasteiger partial charge is 0.377 e. The fraction of sp³-hybridized carbons (Fsp3) is 0.636. The van der Waals surface area contributed by atoms with Crippen molar-refractivity contribution in [2.24, 2.45) is 5.92 Å². The highest BCUT2D eigenvalue weighted by Gasteiger charge is 2.43. The molecule has 1 aromatic heterocycles. The van der Waals surface area contributed by atoms with Crippen LogP contribution in [0.3, 0.4) is 0 Å². The van der Waals surface area contributed by atoms with Crippen LogP contribution >= 0.6 is 27.3 Å². The minimum absolute atomic E-state index is 0.00528. The third-order valence-corrected chi connectivity index (χ3v) is 5.03. The lowest BCUT2D eigenvalue weighted by Gasteiger charge is -2.39. The molecule has 0 N–H and O–H groups in total. The molecule has 0 saturated carbocycles. The van der Waals surface area contributed by atoms with Crippen molar-refractivity contribution in [3.05, 3.63) is 15.0 Å². The minimum Gasteiger partial charge on any atom is -0.377 e. The van der Waals surface area contributed by atoms with E-state index in [1.54, 1.807) is 11.3 Å². The van der Waals surface area contributed by atoms with E-state index in [9.17, 15) is 4.79 Å². The van der Waals surface area contributed by atoms with E-state index in [-0.39, 0.29) is 17.4 Å². The van der Waals surface area contributed by atoms with Gasteiger partial charge in [0.2, 0.25) is 0 Å². The summed E-state index contributed by atoms with van der Waals surface area (Å²) in [7, 11) is 0. The Bertz CT molecular complexity index is 395. The molecule has 88 valence electrons. The van der Waals surface area contributed by atoms with Gasteiger partial charge in [-0.05, 0) is 29.3 Å². The zero-order valence-electron chi connectivity index (χ0n) is 9.27. The Morgan fingerprint density at radius 1 is 1.75 bits per heavy atom. The lowest BCUT2D eigenvalue weighted by molar-refractivity contribution is -0.121. The summed E-state index contributed by atoms with van der Waals surface area (Å²) in [6, 6.07) is 0. The highest BCUT2D eigenvalue weighted by Crippen LogP contribution is 2.40. The smallest absolute Gasteiger partial charge is 0.124 e. The Kier molecular flexibility index (Phi) is 3.47. The molecule has 1 fully saturated rings. The molecule has 0 bridgehead atoms. The molecule has 0 radical (unpaired) electrons. The molecule has 5 heteroatoms. The molecule has 2 heterocycles. The second-order valence-corrected chi connectivity index (χ2v) is 6.16. The van der Waals surface area contributed by atoms with Gasteiger partial charge in [0.1, 0.15) is 15.9 Å². The molecule has 1 aliphatic rings. The number of carbonyl (C=O) groups excluding carboxylic acids is 1. The summed E-state index contributed by atoms with van der Waals surface area (Å²) in [5.41, 5.74) is -0.273. The topological polar surface area (TPSA) is 39.2 Å². The number of thiazole rings is 1. The molecule has 3 nitrogen and oxygen atoms in total. The number of ether oxygens (including phenoxy) is 1. The van der Waals surface area contributed by atoms with Crippen LogP contribution in [0.25, 0.3) is 0 Å². The molecular formula is C11H14BrNO2S. The predicted molar refractivity (Wildman–Crippen MR) is 66.8 cm³/mol. The predicted octanol–water partition coefficient (Wildman–Crippen LogP) is 2.79. The maximum Gasteiger partial charge on any atom is 0.124 e. The average molecular weight is 304 g/mol. The first kappa shape index (κ1) is 12.2. The monoisotopic (exact) mass is 303 g/mol. The Labute approximate surface area is 107 Å². The van der Waals surface area contributed by atoms with Crippen molar-refractivity contribution in [2.75, 3.05) is 6.61 Å². The molecule has 0 unspecified atom stereocenters. The number of nitrogens with zero attached hydrogens (tertiary/aromatic N) is 1. The number of aromatic nitrogens is 1. The molecule has 0 amide bonds. The van der Waals surface area contributed by atoms with E-state index >= 15 is 0 Å². The van der Waals surface area contributed by atoms with Gasteiger partial charge in [-0.1, -0.05) is 6.92 Å². The lowest BCUT2D eigenvalue weighted by atomic mass is 9.74. The van der Waals surface area contributed by atoms with E-state index in [1.165, 1.54) is 0 Å². The van der Waals surface area contributed by atoms with Crippen molar-refractivity contribution in [3.8, 4) is 0 Å². The third kappa shape index (κ3) is 2.08. The van der Waals surface area contributed by atoms with Crippen LogP contribution < -0.4 is 0 Å². The fourth-order valence-corrected chi connectivity index (χ4v) is 3.52. The zero-order chi connectivity index (χ0) is 11.8. The summed E-state index contributed by atoms with van der Waals surface area (Å²) in [5.74, 6) is -0.00528. The molecular weight excluding hydrogens is 290 g/mol. The van der Waals surface area contributed by atoms with Gasteiger partial charge in [0, 0.05) is 11.3 Å². The van der Waals surface area contributed by atoms with E-state index < -0.39 is 0 Å². The number of carbonyl (C=O) groups is 1. The van der Waals surface area contributed by atoms with Crippen LogP contribution in [0.4, 0.5) is 0 Å². The van der Waals surface area contributed by atoms with Crippen molar-refractivity contribution in [3.63, 3.8) is 0 Å². The van der Waals surface area contributed by atoms with Crippen LogP contribution in [0.1, 0.15) is 25.3 Å². The molecule has 1 aliphatic heterocycles. The summed E-state index contributed by atoms with van der Waals surface area (Å²) in [5, 5.41) is 2.92. The average Bonchev–Trinajstić information content (AvgIpc) is 2.69. The van der Waals surface area contributed by atoms with Crippen molar-refractivity contribution in [2.45, 2.75) is 31.8 Å². The van der Waals surface area contributed by atoms with Crippen LogP contribution in [0, 0.1) is 5.92 Å². The zero-order valence-corrected chi connectivity index (χ0v) is 11.7.